The zero-order chi connectivity index (χ0) is 13.2. The first-order chi connectivity index (χ1) is 9.22. The Balaban J connectivity index is 1.71. The van der Waals surface area contributed by atoms with Crippen LogP contribution in [0.5, 0.6) is 0 Å². The lowest BCUT2D eigenvalue weighted by molar-refractivity contribution is -0.384. The van der Waals surface area contributed by atoms with Gasteiger partial charge in [-0.2, -0.15) is 0 Å². The fraction of sp³-hybridized carbons (Fsp3) is 0.308. The van der Waals surface area contributed by atoms with E-state index in [0.29, 0.717) is 6.04 Å². The third-order valence-corrected chi connectivity index (χ3v) is 4.07. The molecule has 19 heavy (non-hydrogen) atoms. The molecule has 5 nitrogen and oxygen atoms in total. The molecule has 1 aliphatic carbocycles. The van der Waals surface area contributed by atoms with Crippen molar-refractivity contribution in [3.63, 3.8) is 0 Å². The van der Waals surface area contributed by atoms with E-state index < -0.39 is 4.92 Å². The van der Waals surface area contributed by atoms with Crippen molar-refractivity contribution in [2.45, 2.75) is 25.4 Å². The molecule has 1 N–H and O–H groups in total. The molecule has 1 saturated carbocycles. The van der Waals surface area contributed by atoms with Crippen LogP contribution in [0.25, 0.3) is 10.6 Å². The van der Waals surface area contributed by atoms with Gasteiger partial charge in [-0.05, 0) is 25.0 Å². The number of nitro groups is 1. The summed E-state index contributed by atoms with van der Waals surface area (Å²) in [5.41, 5.74) is 1.03. The number of hydrogen-bond acceptors (Lipinski definition) is 5. The van der Waals surface area contributed by atoms with E-state index in [1.165, 1.54) is 29.9 Å². The Hall–Kier alpha value is -1.79. The predicted octanol–water partition coefficient (Wildman–Crippen LogP) is 2.97. The van der Waals surface area contributed by atoms with Gasteiger partial charge < -0.3 is 5.32 Å². The molecule has 1 fully saturated rings. The average Bonchev–Trinajstić information content (AvgIpc) is 3.13. The fourth-order valence-corrected chi connectivity index (χ4v) is 2.65. The van der Waals surface area contributed by atoms with Gasteiger partial charge in [-0.15, -0.1) is 11.3 Å². The summed E-state index contributed by atoms with van der Waals surface area (Å²) < 4.78 is 0. The Morgan fingerprint density at radius 1 is 1.37 bits per heavy atom. The Morgan fingerprint density at radius 2 is 2.11 bits per heavy atom. The molecule has 0 aliphatic heterocycles. The maximum atomic E-state index is 10.6. The van der Waals surface area contributed by atoms with E-state index in [1.54, 1.807) is 23.5 Å². The van der Waals surface area contributed by atoms with Gasteiger partial charge in [-0.1, -0.05) is 0 Å². The molecule has 0 atom stereocenters. The maximum absolute atomic E-state index is 10.6. The van der Waals surface area contributed by atoms with Gasteiger partial charge in [0.1, 0.15) is 5.01 Å². The normalized spacial score (nSPS) is 14.5. The standard InChI is InChI=1S/C13H13N3O2S/c17-16(18)11-5-1-9(2-6-11)13-15-8-12(19-13)7-14-10-3-4-10/h1-2,5-6,8,10,14H,3-4,7H2. The van der Waals surface area contributed by atoms with Crippen LogP contribution in [0.3, 0.4) is 0 Å². The number of nitrogens with one attached hydrogen (secondary N) is 1. The lowest BCUT2D eigenvalue weighted by atomic mass is 10.2. The van der Waals surface area contributed by atoms with Crippen LogP contribution in [-0.2, 0) is 6.54 Å². The summed E-state index contributed by atoms with van der Waals surface area (Å²) in [5, 5.41) is 14.9. The van der Waals surface area contributed by atoms with Crippen LogP contribution in [-0.4, -0.2) is 15.9 Å². The number of benzene rings is 1. The molecule has 0 spiro atoms. The van der Waals surface area contributed by atoms with Crippen molar-refractivity contribution in [1.82, 2.24) is 10.3 Å². The Kier molecular flexibility index (Phi) is 3.27. The van der Waals surface area contributed by atoms with E-state index in [0.717, 1.165) is 17.1 Å². The van der Waals surface area contributed by atoms with Gasteiger partial charge in [-0.25, -0.2) is 4.98 Å². The third kappa shape index (κ3) is 2.97. The summed E-state index contributed by atoms with van der Waals surface area (Å²) in [6.07, 6.45) is 4.42. The van der Waals surface area contributed by atoms with Crippen molar-refractivity contribution >= 4 is 17.0 Å². The Bertz CT molecular complexity index is 590. The molecule has 1 aliphatic rings. The molecular weight excluding hydrogens is 262 g/mol. The van der Waals surface area contributed by atoms with E-state index in [1.807, 2.05) is 6.20 Å². The Morgan fingerprint density at radius 3 is 2.74 bits per heavy atom. The van der Waals surface area contributed by atoms with E-state index in [2.05, 4.69) is 10.3 Å². The molecular formula is C13H13N3O2S. The van der Waals surface area contributed by atoms with Crippen molar-refractivity contribution in [2.24, 2.45) is 0 Å². The molecule has 0 amide bonds. The second kappa shape index (κ2) is 5.07. The molecule has 0 radical (unpaired) electrons. The molecule has 0 unspecified atom stereocenters. The monoisotopic (exact) mass is 275 g/mol. The number of aromatic nitrogens is 1. The molecule has 1 heterocycles. The summed E-state index contributed by atoms with van der Waals surface area (Å²) in [4.78, 5) is 15.8. The minimum absolute atomic E-state index is 0.107. The van der Waals surface area contributed by atoms with Crippen LogP contribution < -0.4 is 5.32 Å². The van der Waals surface area contributed by atoms with Crippen LogP contribution >= 0.6 is 11.3 Å². The summed E-state index contributed by atoms with van der Waals surface area (Å²) >= 11 is 1.63. The topological polar surface area (TPSA) is 68.1 Å². The van der Waals surface area contributed by atoms with Crippen LogP contribution in [0.2, 0.25) is 0 Å². The highest BCUT2D eigenvalue weighted by Gasteiger charge is 2.20. The summed E-state index contributed by atoms with van der Waals surface area (Å²) in [7, 11) is 0. The van der Waals surface area contributed by atoms with E-state index in [4.69, 9.17) is 0 Å². The highest BCUT2D eigenvalue weighted by atomic mass is 32.1. The molecule has 2 aromatic rings. The quantitative estimate of drug-likeness (QED) is 0.673. The summed E-state index contributed by atoms with van der Waals surface area (Å²) in [5.74, 6) is 0. The van der Waals surface area contributed by atoms with E-state index in [9.17, 15) is 10.1 Å². The van der Waals surface area contributed by atoms with Crippen LogP contribution in [0.4, 0.5) is 5.69 Å². The van der Waals surface area contributed by atoms with Crippen molar-refractivity contribution in [3.05, 3.63) is 45.5 Å². The minimum atomic E-state index is -0.392. The highest BCUT2D eigenvalue weighted by Crippen LogP contribution is 2.27. The number of thiazole rings is 1. The predicted molar refractivity (Wildman–Crippen MR) is 74.1 cm³/mol. The summed E-state index contributed by atoms with van der Waals surface area (Å²) in [6, 6.07) is 7.20. The first-order valence-electron chi connectivity index (χ1n) is 6.15. The van der Waals surface area contributed by atoms with Crippen LogP contribution in [0.1, 0.15) is 17.7 Å². The van der Waals surface area contributed by atoms with E-state index in [-0.39, 0.29) is 5.69 Å². The lowest BCUT2D eigenvalue weighted by Gasteiger charge is -1.97. The second-order valence-electron chi connectivity index (χ2n) is 4.59. The van der Waals surface area contributed by atoms with Crippen molar-refractivity contribution < 1.29 is 4.92 Å². The van der Waals surface area contributed by atoms with Gasteiger partial charge in [0.05, 0.1) is 4.92 Å². The third-order valence-electron chi connectivity index (χ3n) is 3.02. The number of hydrogen-bond donors (Lipinski definition) is 1. The minimum Gasteiger partial charge on any atom is -0.309 e. The van der Waals surface area contributed by atoms with Gasteiger partial charge in [0.2, 0.25) is 0 Å². The van der Waals surface area contributed by atoms with Crippen LogP contribution in [0.15, 0.2) is 30.5 Å². The smallest absolute Gasteiger partial charge is 0.269 e. The van der Waals surface area contributed by atoms with Crippen molar-refractivity contribution in [1.29, 1.82) is 0 Å². The molecule has 98 valence electrons. The largest absolute Gasteiger partial charge is 0.309 e. The maximum Gasteiger partial charge on any atom is 0.269 e. The molecule has 0 saturated heterocycles. The number of non-ortho nitro benzene ring substituents is 1. The van der Waals surface area contributed by atoms with Gasteiger partial charge in [0.15, 0.2) is 0 Å². The number of rotatable bonds is 5. The fourth-order valence-electron chi connectivity index (χ4n) is 1.78. The average molecular weight is 275 g/mol. The van der Waals surface area contributed by atoms with E-state index >= 15 is 0 Å². The van der Waals surface area contributed by atoms with Crippen molar-refractivity contribution in [2.75, 3.05) is 0 Å². The lowest BCUT2D eigenvalue weighted by Crippen LogP contribution is -2.14. The first-order valence-corrected chi connectivity index (χ1v) is 6.97. The van der Waals surface area contributed by atoms with Gasteiger partial charge in [0.25, 0.3) is 5.69 Å². The number of nitro benzene ring substituents is 1. The van der Waals surface area contributed by atoms with Gasteiger partial charge in [-0.3, -0.25) is 10.1 Å². The second-order valence-corrected chi connectivity index (χ2v) is 5.71. The summed E-state index contributed by atoms with van der Waals surface area (Å²) in [6.45, 7) is 0.856. The van der Waals surface area contributed by atoms with Gasteiger partial charge >= 0.3 is 0 Å². The molecule has 6 heteroatoms. The Labute approximate surface area is 114 Å². The zero-order valence-corrected chi connectivity index (χ0v) is 11.0. The molecule has 1 aromatic heterocycles. The highest BCUT2D eigenvalue weighted by molar-refractivity contribution is 7.15. The molecule has 3 rings (SSSR count). The molecule has 0 bridgehead atoms. The van der Waals surface area contributed by atoms with Crippen molar-refractivity contribution in [3.8, 4) is 10.6 Å². The SMILES string of the molecule is O=[N+]([O-])c1ccc(-c2ncc(CNC3CC3)s2)cc1. The number of nitrogens with zero attached hydrogens (tertiary/aromatic N) is 2. The molecule has 1 aromatic carbocycles. The zero-order valence-electron chi connectivity index (χ0n) is 10.2. The van der Waals surface area contributed by atoms with Crippen LogP contribution in [0, 0.1) is 10.1 Å². The van der Waals surface area contributed by atoms with Gasteiger partial charge in [0, 0.05) is 41.4 Å². The first kappa shape index (κ1) is 12.3.